The predicted octanol–water partition coefficient (Wildman–Crippen LogP) is 3.77. The van der Waals surface area contributed by atoms with E-state index in [1.54, 1.807) is 6.07 Å². The molecule has 0 aliphatic rings. The van der Waals surface area contributed by atoms with Gasteiger partial charge in [0, 0.05) is 0 Å². The Balaban J connectivity index is 0.00000420. The molecule has 0 radical (unpaired) electrons. The topological polar surface area (TPSA) is 57.2 Å². The van der Waals surface area contributed by atoms with E-state index in [-0.39, 0.29) is 34.5 Å². The number of benzene rings is 2. The van der Waals surface area contributed by atoms with Crippen LogP contribution in [0.5, 0.6) is 0 Å². The number of unbranched alkanes of at least 4 members (excludes halogenated alkanes) is 8. The monoisotopic (exact) mass is 426 g/mol. The van der Waals surface area contributed by atoms with Crippen LogP contribution >= 0.6 is 0 Å². The largest absolute Gasteiger partial charge is 1.00 e. The van der Waals surface area contributed by atoms with Crippen molar-refractivity contribution in [1.82, 2.24) is 0 Å². The molecule has 0 bridgehead atoms. The van der Waals surface area contributed by atoms with Crippen molar-refractivity contribution in [1.29, 1.82) is 0 Å². The molecule has 0 atom stereocenters. The van der Waals surface area contributed by atoms with Gasteiger partial charge in [-0.2, -0.15) is 0 Å². The zero-order chi connectivity index (χ0) is 20.4. The van der Waals surface area contributed by atoms with Gasteiger partial charge in [0.05, 0.1) is 4.90 Å². The van der Waals surface area contributed by atoms with Crippen molar-refractivity contribution < 1.29 is 42.5 Å². The summed E-state index contributed by atoms with van der Waals surface area (Å²) in [6.07, 6.45) is 14.0. The van der Waals surface area contributed by atoms with Gasteiger partial charge < -0.3 is 4.55 Å². The van der Waals surface area contributed by atoms with E-state index in [1.807, 2.05) is 6.07 Å². The molecular weight excluding hydrogens is 391 g/mol. The smallest absolute Gasteiger partial charge is 0.744 e. The van der Waals surface area contributed by atoms with E-state index in [4.69, 9.17) is 0 Å². The van der Waals surface area contributed by atoms with Crippen LogP contribution < -0.4 is 29.6 Å². The first kappa shape index (κ1) is 26.6. The number of aryl methyl sites for hydroxylation is 2. The fourth-order valence-corrected chi connectivity index (χ4v) is 4.37. The van der Waals surface area contributed by atoms with Gasteiger partial charge in [-0.3, -0.25) is 0 Å². The molecule has 0 heterocycles. The average Bonchev–Trinajstić information content (AvgIpc) is 2.66. The van der Waals surface area contributed by atoms with Crippen molar-refractivity contribution in [2.45, 2.75) is 95.8 Å². The van der Waals surface area contributed by atoms with Gasteiger partial charge in [0.1, 0.15) is 10.1 Å². The molecule has 0 saturated carbocycles. The average molecular weight is 427 g/mol. The number of rotatable bonds is 13. The number of hydrogen-bond donors (Lipinski definition) is 0. The van der Waals surface area contributed by atoms with Crippen LogP contribution in [0.4, 0.5) is 0 Å². The summed E-state index contributed by atoms with van der Waals surface area (Å²) >= 11 is 0. The summed E-state index contributed by atoms with van der Waals surface area (Å²) < 4.78 is 34.7. The van der Waals surface area contributed by atoms with Gasteiger partial charge in [0.15, 0.2) is 0 Å². The standard InChI is InChI=1S/C24H36O3S.Na/c1-3-5-7-9-11-13-20-15-16-22-19-23(28(25,26)27)18-21(24(22)17-20)14-12-10-8-6-4-2;/h15-19H,3-14H2,1-2H3,(H,25,26,27);/q;+1/p-1. The zero-order valence-electron chi connectivity index (χ0n) is 18.5. The van der Waals surface area contributed by atoms with Crippen molar-refractivity contribution in [3.63, 3.8) is 0 Å². The summed E-state index contributed by atoms with van der Waals surface area (Å²) in [6, 6.07) is 9.40. The first-order valence-corrected chi connectivity index (χ1v) is 12.4. The summed E-state index contributed by atoms with van der Waals surface area (Å²) in [4.78, 5) is -0.101. The predicted molar refractivity (Wildman–Crippen MR) is 117 cm³/mol. The molecule has 156 valence electrons. The Morgan fingerprint density at radius 3 is 1.93 bits per heavy atom. The van der Waals surface area contributed by atoms with Crippen LogP contribution in [-0.2, 0) is 23.0 Å². The minimum atomic E-state index is -4.44. The van der Waals surface area contributed by atoms with Gasteiger partial charge >= 0.3 is 29.6 Å². The first-order chi connectivity index (χ1) is 13.5. The van der Waals surface area contributed by atoms with E-state index in [9.17, 15) is 13.0 Å². The Kier molecular flexibility index (Phi) is 12.7. The van der Waals surface area contributed by atoms with Crippen LogP contribution in [0.15, 0.2) is 35.2 Å². The van der Waals surface area contributed by atoms with E-state index in [0.717, 1.165) is 42.0 Å². The molecule has 5 heteroatoms. The van der Waals surface area contributed by atoms with Gasteiger partial charge in [-0.15, -0.1) is 0 Å². The zero-order valence-corrected chi connectivity index (χ0v) is 21.3. The molecule has 0 unspecified atom stereocenters. The number of hydrogen-bond acceptors (Lipinski definition) is 3. The summed E-state index contributed by atoms with van der Waals surface area (Å²) in [5.74, 6) is 0. The second-order valence-corrected chi connectivity index (χ2v) is 9.30. The van der Waals surface area contributed by atoms with Crippen LogP contribution in [0.2, 0.25) is 0 Å². The van der Waals surface area contributed by atoms with Crippen molar-refractivity contribution in [3.8, 4) is 0 Å². The molecule has 0 aliphatic carbocycles. The van der Waals surface area contributed by atoms with Crippen LogP contribution in [0.1, 0.15) is 89.2 Å². The van der Waals surface area contributed by atoms with Gasteiger partial charge in [-0.05, 0) is 59.7 Å². The maximum atomic E-state index is 11.6. The third kappa shape index (κ3) is 9.10. The van der Waals surface area contributed by atoms with Crippen LogP contribution in [-0.4, -0.2) is 13.0 Å². The van der Waals surface area contributed by atoms with Gasteiger partial charge in [-0.1, -0.05) is 83.4 Å². The van der Waals surface area contributed by atoms with Crippen molar-refractivity contribution in [2.24, 2.45) is 0 Å². The quantitative estimate of drug-likeness (QED) is 0.278. The molecule has 29 heavy (non-hydrogen) atoms. The van der Waals surface area contributed by atoms with Crippen molar-refractivity contribution in [2.75, 3.05) is 0 Å². The third-order valence-corrected chi connectivity index (χ3v) is 6.30. The number of fused-ring (bicyclic) bond motifs is 1. The molecule has 2 rings (SSSR count). The Bertz CT molecular complexity index is 847. The molecule has 3 nitrogen and oxygen atoms in total. The van der Waals surface area contributed by atoms with Gasteiger partial charge in [0.2, 0.25) is 0 Å². The SMILES string of the molecule is CCCCCCCc1ccc2cc(S(=O)(=O)[O-])cc(CCCCCCC)c2c1.[Na+]. The summed E-state index contributed by atoms with van der Waals surface area (Å²) in [6.45, 7) is 4.42. The summed E-state index contributed by atoms with van der Waals surface area (Å²) in [5.41, 5.74) is 2.30. The van der Waals surface area contributed by atoms with E-state index < -0.39 is 10.1 Å². The molecule has 0 fully saturated rings. The third-order valence-electron chi connectivity index (χ3n) is 5.49. The maximum absolute atomic E-state index is 11.6. The second-order valence-electron chi connectivity index (χ2n) is 7.92. The van der Waals surface area contributed by atoms with Crippen LogP contribution in [0.25, 0.3) is 10.8 Å². The molecule has 0 saturated heterocycles. The molecule has 0 aliphatic heterocycles. The van der Waals surface area contributed by atoms with Crippen LogP contribution in [0, 0.1) is 0 Å². The molecule has 0 N–H and O–H groups in total. The summed E-state index contributed by atoms with van der Waals surface area (Å²) in [5, 5.41) is 1.96. The van der Waals surface area contributed by atoms with Crippen LogP contribution in [0.3, 0.4) is 0 Å². The molecular formula is C24H35NaO3S. The normalized spacial score (nSPS) is 11.6. The molecule has 0 spiro atoms. The minimum absolute atomic E-state index is 0. The fourth-order valence-electron chi connectivity index (χ4n) is 3.81. The minimum Gasteiger partial charge on any atom is -0.744 e. The molecule has 0 aromatic heterocycles. The molecule has 2 aromatic rings. The van der Waals surface area contributed by atoms with E-state index in [0.29, 0.717) is 0 Å². The van der Waals surface area contributed by atoms with E-state index in [2.05, 4.69) is 26.0 Å². The first-order valence-electron chi connectivity index (χ1n) is 11.0. The second kappa shape index (κ2) is 13.8. The fraction of sp³-hybridized carbons (Fsp3) is 0.583. The van der Waals surface area contributed by atoms with E-state index >= 15 is 0 Å². The van der Waals surface area contributed by atoms with Gasteiger partial charge in [0.25, 0.3) is 0 Å². The maximum Gasteiger partial charge on any atom is 1.00 e. The Morgan fingerprint density at radius 1 is 0.759 bits per heavy atom. The molecule has 0 amide bonds. The van der Waals surface area contributed by atoms with Gasteiger partial charge in [-0.25, -0.2) is 8.42 Å². The Labute approximate surface area is 199 Å². The molecule has 2 aromatic carbocycles. The summed E-state index contributed by atoms with van der Waals surface area (Å²) in [7, 11) is -4.44. The Morgan fingerprint density at radius 2 is 1.34 bits per heavy atom. The van der Waals surface area contributed by atoms with E-state index in [1.165, 1.54) is 63.0 Å². The van der Waals surface area contributed by atoms with Crippen molar-refractivity contribution >= 4 is 20.9 Å². The Hall–Kier alpha value is -0.390. The van der Waals surface area contributed by atoms with Crippen molar-refractivity contribution in [3.05, 3.63) is 41.5 Å².